The number of carbonyl (C=O) groups is 3. The molecule has 0 spiro atoms. The highest BCUT2D eigenvalue weighted by Crippen LogP contribution is 2.25. The molecule has 0 bridgehead atoms. The molecule has 0 aromatic carbocycles. The number of amides is 2. The second-order valence-electron chi connectivity index (χ2n) is 8.30. The highest BCUT2D eigenvalue weighted by atomic mass is 32.2. The lowest BCUT2D eigenvalue weighted by Crippen LogP contribution is -2.73. The Labute approximate surface area is 224 Å². The minimum Gasteiger partial charge on any atom is -0.478 e. The first-order chi connectivity index (χ1) is 17.9. The van der Waals surface area contributed by atoms with Crippen LogP contribution in [0, 0.1) is 0 Å². The number of oxime groups is 1. The Morgan fingerprint density at radius 2 is 1.97 bits per heavy atom. The monoisotopic (exact) mass is 610 g/mol. The van der Waals surface area contributed by atoms with Crippen molar-refractivity contribution < 1.29 is 45.7 Å². The predicted molar refractivity (Wildman–Crippen MR) is 130 cm³/mol. The van der Waals surface area contributed by atoms with Crippen LogP contribution < -0.4 is 20.9 Å². The number of aromatic nitrogens is 4. The van der Waals surface area contributed by atoms with Gasteiger partial charge in [-0.3, -0.25) is 14.1 Å². The maximum Gasteiger partial charge on any atom is 0.362 e. The lowest BCUT2D eigenvalue weighted by molar-refractivity contribution is -0.161. The van der Waals surface area contributed by atoms with Gasteiger partial charge >= 0.3 is 16.3 Å². The Hall–Kier alpha value is -3.77. The molecule has 3 rings (SSSR count). The molecule has 3 heterocycles. The van der Waals surface area contributed by atoms with Crippen molar-refractivity contribution in [2.75, 3.05) is 5.73 Å². The molecule has 2 atom stereocenters. The van der Waals surface area contributed by atoms with E-state index in [1.807, 2.05) is 4.72 Å². The number of nitrogens with two attached hydrogens (primary N) is 2. The standard InChI is InChI=1S/C16H22N10O10S3/c1-16(2,14(29)30)36-24-10(8-6-37-15(17)21-8)12(27)22-11-9(26(13(11)28)39(33,34)35)5-25-19-3-7(23-25)4-20-38(18,31)32/h3,6,9,11,20H,4-5H2,1-2H3,(H2,17,21)(H,22,27)(H,29,30)(H2,18,31,32)(H,33,34,35)/t9-,11-/m0/s1. The Morgan fingerprint density at radius 1 is 1.31 bits per heavy atom. The molecule has 0 radical (unpaired) electrons. The average Bonchev–Trinajstić information content (AvgIpc) is 3.43. The van der Waals surface area contributed by atoms with Crippen molar-refractivity contribution in [2.24, 2.45) is 10.3 Å². The smallest absolute Gasteiger partial charge is 0.362 e. The average molecular weight is 611 g/mol. The lowest BCUT2D eigenvalue weighted by Gasteiger charge is -2.43. The number of hydrogen-bond donors (Lipinski definition) is 6. The van der Waals surface area contributed by atoms with Gasteiger partial charge in [0.15, 0.2) is 10.8 Å². The number of carboxylic acid groups (broad SMARTS) is 1. The molecule has 0 aliphatic carbocycles. The third-order valence-corrected chi connectivity index (χ3v) is 7.12. The summed E-state index contributed by atoms with van der Waals surface area (Å²) in [5, 5.41) is 29.0. The Bertz CT molecular complexity index is 1530. The maximum atomic E-state index is 13.1. The molecule has 23 heteroatoms. The number of aliphatic carboxylic acids is 1. The van der Waals surface area contributed by atoms with Crippen molar-refractivity contribution in [3.8, 4) is 0 Å². The van der Waals surface area contributed by atoms with Crippen LogP contribution in [-0.2, 0) is 52.8 Å². The summed E-state index contributed by atoms with van der Waals surface area (Å²) < 4.78 is 57.2. The topological polar surface area (TPSA) is 304 Å². The predicted octanol–water partition coefficient (Wildman–Crippen LogP) is -3.61. The van der Waals surface area contributed by atoms with Crippen molar-refractivity contribution in [1.29, 1.82) is 0 Å². The zero-order valence-electron chi connectivity index (χ0n) is 19.9. The zero-order valence-corrected chi connectivity index (χ0v) is 22.4. The van der Waals surface area contributed by atoms with E-state index in [4.69, 9.17) is 15.7 Å². The first-order valence-corrected chi connectivity index (χ1v) is 14.2. The van der Waals surface area contributed by atoms with Crippen molar-refractivity contribution >= 4 is 60.5 Å². The number of nitrogens with zero attached hydrogens (tertiary/aromatic N) is 6. The number of nitrogen functional groups attached to an aromatic ring is 1. The quantitative estimate of drug-likeness (QED) is 0.0585. The summed E-state index contributed by atoms with van der Waals surface area (Å²) in [6, 6.07) is -3.01. The van der Waals surface area contributed by atoms with E-state index >= 15 is 0 Å². The fourth-order valence-corrected chi connectivity index (χ4v) is 4.76. The molecule has 2 aromatic rings. The zero-order chi connectivity index (χ0) is 29.3. The van der Waals surface area contributed by atoms with Crippen LogP contribution in [0.3, 0.4) is 0 Å². The van der Waals surface area contributed by atoms with Gasteiger partial charge in [-0.05, 0) is 13.8 Å². The van der Waals surface area contributed by atoms with E-state index in [0.717, 1.165) is 36.2 Å². The van der Waals surface area contributed by atoms with Gasteiger partial charge in [-0.25, -0.2) is 19.2 Å². The molecular formula is C16H22N10O10S3. The summed E-state index contributed by atoms with van der Waals surface area (Å²) in [6.07, 6.45) is 1.13. The van der Waals surface area contributed by atoms with E-state index in [0.29, 0.717) is 0 Å². The first-order valence-electron chi connectivity index (χ1n) is 10.4. The number of nitrogens with one attached hydrogen (secondary N) is 2. The Balaban J connectivity index is 1.85. The number of rotatable bonds is 12. The molecule has 214 valence electrons. The summed E-state index contributed by atoms with van der Waals surface area (Å²) in [4.78, 5) is 46.8. The van der Waals surface area contributed by atoms with Crippen LogP contribution in [-0.4, -0.2) is 92.0 Å². The molecule has 1 saturated heterocycles. The molecule has 2 amide bonds. The molecule has 1 aliphatic heterocycles. The summed E-state index contributed by atoms with van der Waals surface area (Å²) >= 11 is 0.919. The summed E-state index contributed by atoms with van der Waals surface area (Å²) in [5.74, 6) is -3.75. The fourth-order valence-electron chi connectivity index (χ4n) is 2.99. The Morgan fingerprint density at radius 3 is 2.51 bits per heavy atom. The van der Waals surface area contributed by atoms with Crippen LogP contribution in [0.4, 0.5) is 5.13 Å². The Kier molecular flexibility index (Phi) is 8.23. The van der Waals surface area contributed by atoms with Crippen molar-refractivity contribution in [3.63, 3.8) is 0 Å². The van der Waals surface area contributed by atoms with Gasteiger partial charge < -0.3 is 21.0 Å². The van der Waals surface area contributed by atoms with Crippen molar-refractivity contribution in [2.45, 2.75) is 44.6 Å². The molecule has 1 aliphatic rings. The van der Waals surface area contributed by atoms with Crippen LogP contribution in [0.2, 0.25) is 0 Å². The number of carboxylic acids is 1. The van der Waals surface area contributed by atoms with Crippen molar-refractivity contribution in [3.05, 3.63) is 23.0 Å². The summed E-state index contributed by atoms with van der Waals surface area (Å²) in [5.41, 5.74) is 3.09. The van der Waals surface area contributed by atoms with Gasteiger partial charge in [0.2, 0.25) is 5.60 Å². The summed E-state index contributed by atoms with van der Waals surface area (Å²) in [6.45, 7) is 1.48. The number of anilines is 1. The molecular weight excluding hydrogens is 588 g/mol. The number of β-lactam (4-membered cyclic amide) rings is 1. The molecule has 39 heavy (non-hydrogen) atoms. The van der Waals surface area contributed by atoms with E-state index in [1.54, 1.807) is 0 Å². The largest absolute Gasteiger partial charge is 0.478 e. The van der Waals surface area contributed by atoms with E-state index in [-0.39, 0.29) is 27.4 Å². The van der Waals surface area contributed by atoms with E-state index in [9.17, 15) is 40.9 Å². The van der Waals surface area contributed by atoms with Crippen LogP contribution in [0.15, 0.2) is 16.7 Å². The summed E-state index contributed by atoms with van der Waals surface area (Å²) in [7, 11) is -9.12. The maximum absolute atomic E-state index is 13.1. The van der Waals surface area contributed by atoms with E-state index < -0.39 is 68.2 Å². The van der Waals surface area contributed by atoms with Crippen LogP contribution in [0.1, 0.15) is 25.2 Å². The van der Waals surface area contributed by atoms with Crippen molar-refractivity contribution in [1.82, 2.24) is 34.3 Å². The second kappa shape index (κ2) is 10.8. The molecule has 8 N–H and O–H groups in total. The van der Waals surface area contributed by atoms with Crippen LogP contribution in [0.25, 0.3) is 0 Å². The van der Waals surface area contributed by atoms with E-state index in [1.165, 1.54) is 5.38 Å². The van der Waals surface area contributed by atoms with Crippen LogP contribution in [0.5, 0.6) is 0 Å². The highest BCUT2D eigenvalue weighted by Gasteiger charge is 2.54. The lowest BCUT2D eigenvalue weighted by atomic mass is 9.98. The van der Waals surface area contributed by atoms with Gasteiger partial charge in [-0.2, -0.15) is 36.6 Å². The third-order valence-electron chi connectivity index (χ3n) is 4.95. The van der Waals surface area contributed by atoms with Gasteiger partial charge in [0, 0.05) is 5.38 Å². The third kappa shape index (κ3) is 7.21. The molecule has 1 fully saturated rings. The minimum absolute atomic E-state index is 0.0237. The molecule has 20 nitrogen and oxygen atoms in total. The van der Waals surface area contributed by atoms with Gasteiger partial charge in [0.25, 0.3) is 22.0 Å². The molecule has 2 aromatic heterocycles. The molecule has 0 saturated carbocycles. The number of hydrogen-bond acceptors (Lipinski definition) is 14. The number of carbonyl (C=O) groups excluding carboxylic acids is 2. The molecule has 0 unspecified atom stereocenters. The minimum atomic E-state index is -5.08. The highest BCUT2D eigenvalue weighted by molar-refractivity contribution is 7.87. The SMILES string of the molecule is CC(C)(ON=C(C(=O)N[C@@H]1C(=O)N(S(=O)(=O)O)[C@H]1Cn1ncc(CNS(N)(=O)=O)n1)c1csc(N)n1)C(=O)O. The van der Waals surface area contributed by atoms with Gasteiger partial charge in [-0.1, -0.05) is 5.16 Å². The number of thiazole rings is 1. The first kappa shape index (κ1) is 29.8. The second-order valence-corrected chi connectivity index (χ2v) is 11.9. The van der Waals surface area contributed by atoms with Crippen LogP contribution >= 0.6 is 11.3 Å². The van der Waals surface area contributed by atoms with Gasteiger partial charge in [-0.15, -0.1) is 11.3 Å². The normalized spacial score (nSPS) is 18.5. The van der Waals surface area contributed by atoms with Gasteiger partial charge in [0.05, 0.1) is 25.0 Å². The fraction of sp³-hybridized carbons (Fsp3) is 0.438. The van der Waals surface area contributed by atoms with Gasteiger partial charge in [0.1, 0.15) is 17.8 Å². The van der Waals surface area contributed by atoms with E-state index in [2.05, 4.69) is 25.7 Å².